The Hall–Kier alpha value is -1.51. The van der Waals surface area contributed by atoms with Gasteiger partial charge in [0, 0.05) is 12.1 Å². The number of phenols is 1. The molecule has 2 aromatic carbocycles. The highest BCUT2D eigenvalue weighted by Gasteiger charge is 2.11. The second-order valence-corrected chi connectivity index (χ2v) is 5.21. The minimum absolute atomic E-state index is 0.154. The molecule has 0 atom stereocenters. The summed E-state index contributed by atoms with van der Waals surface area (Å²) >= 11 is 6.17. The third kappa shape index (κ3) is 3.33. The van der Waals surface area contributed by atoms with Crippen LogP contribution in [0.4, 0.5) is 0 Å². The Labute approximate surface area is 125 Å². The van der Waals surface area contributed by atoms with Crippen LogP contribution in [-0.4, -0.2) is 23.1 Å². The molecule has 0 heterocycles. The Morgan fingerprint density at radius 3 is 2.30 bits per heavy atom. The van der Waals surface area contributed by atoms with E-state index >= 15 is 0 Å². The number of hydrogen-bond acceptors (Lipinski definition) is 2. The lowest BCUT2D eigenvalue weighted by Crippen LogP contribution is -2.22. The van der Waals surface area contributed by atoms with Gasteiger partial charge in [-0.05, 0) is 36.3 Å². The van der Waals surface area contributed by atoms with Gasteiger partial charge in [0.05, 0.1) is 5.02 Å². The maximum Gasteiger partial charge on any atom is 0.142 e. The maximum atomic E-state index is 10.2. The van der Waals surface area contributed by atoms with E-state index in [0.717, 1.165) is 36.3 Å². The highest BCUT2D eigenvalue weighted by molar-refractivity contribution is 6.32. The average Bonchev–Trinajstić information content (AvgIpc) is 2.49. The van der Waals surface area contributed by atoms with E-state index in [0.29, 0.717) is 5.02 Å². The van der Waals surface area contributed by atoms with Crippen molar-refractivity contribution in [1.82, 2.24) is 4.90 Å². The summed E-state index contributed by atoms with van der Waals surface area (Å²) < 4.78 is 0. The van der Waals surface area contributed by atoms with Gasteiger partial charge in [-0.15, -0.1) is 0 Å². The molecule has 0 saturated heterocycles. The molecule has 2 aromatic rings. The fourth-order valence-corrected chi connectivity index (χ4v) is 2.53. The van der Waals surface area contributed by atoms with Crippen LogP contribution in [0.25, 0.3) is 11.1 Å². The second-order valence-electron chi connectivity index (χ2n) is 4.80. The Kier molecular flexibility index (Phi) is 5.05. The molecule has 0 aromatic heterocycles. The summed E-state index contributed by atoms with van der Waals surface area (Å²) in [4.78, 5) is 2.32. The van der Waals surface area contributed by atoms with Crippen LogP contribution in [0.2, 0.25) is 5.02 Å². The van der Waals surface area contributed by atoms with Gasteiger partial charge in [0.25, 0.3) is 0 Å². The van der Waals surface area contributed by atoms with Crippen LogP contribution in [-0.2, 0) is 6.54 Å². The first-order valence-corrected chi connectivity index (χ1v) is 7.32. The molecule has 0 bridgehead atoms. The molecule has 0 spiro atoms. The van der Waals surface area contributed by atoms with Crippen molar-refractivity contribution in [2.45, 2.75) is 20.4 Å². The topological polar surface area (TPSA) is 23.5 Å². The van der Waals surface area contributed by atoms with Crippen molar-refractivity contribution in [1.29, 1.82) is 0 Å². The summed E-state index contributed by atoms with van der Waals surface area (Å²) in [7, 11) is 0. The molecule has 1 N–H and O–H groups in total. The Morgan fingerprint density at radius 2 is 1.70 bits per heavy atom. The number of aromatic hydroxyl groups is 1. The van der Waals surface area contributed by atoms with Gasteiger partial charge in [0.1, 0.15) is 5.75 Å². The number of phenolic OH excluding ortho intramolecular Hbond substituents is 1. The molecular formula is C17H20ClNO. The highest BCUT2D eigenvalue weighted by atomic mass is 35.5. The second kappa shape index (κ2) is 6.78. The van der Waals surface area contributed by atoms with Crippen molar-refractivity contribution < 1.29 is 5.11 Å². The van der Waals surface area contributed by atoms with Gasteiger partial charge in [-0.3, -0.25) is 4.90 Å². The number of nitrogens with zero attached hydrogens (tertiary/aromatic N) is 1. The zero-order chi connectivity index (χ0) is 14.5. The summed E-state index contributed by atoms with van der Waals surface area (Å²) in [5.74, 6) is 0.154. The first-order chi connectivity index (χ1) is 9.65. The third-order valence-electron chi connectivity index (χ3n) is 3.51. The number of benzene rings is 2. The van der Waals surface area contributed by atoms with Crippen molar-refractivity contribution in [3.8, 4) is 16.9 Å². The number of rotatable bonds is 5. The van der Waals surface area contributed by atoms with E-state index in [1.165, 1.54) is 0 Å². The number of hydrogen-bond donors (Lipinski definition) is 1. The van der Waals surface area contributed by atoms with Crippen molar-refractivity contribution in [2.75, 3.05) is 13.1 Å². The van der Waals surface area contributed by atoms with E-state index in [1.807, 2.05) is 42.5 Å². The van der Waals surface area contributed by atoms with Crippen molar-refractivity contribution in [2.24, 2.45) is 0 Å². The predicted molar refractivity (Wildman–Crippen MR) is 85.2 cm³/mol. The fraction of sp³-hybridized carbons (Fsp3) is 0.294. The molecule has 0 radical (unpaired) electrons. The number of halogens is 1. The Bertz CT molecular complexity index is 565. The largest absolute Gasteiger partial charge is 0.506 e. The summed E-state index contributed by atoms with van der Waals surface area (Å²) in [6, 6.07) is 13.7. The molecule has 0 aliphatic rings. The van der Waals surface area contributed by atoms with Crippen LogP contribution in [0.15, 0.2) is 42.5 Å². The smallest absolute Gasteiger partial charge is 0.142 e. The molecule has 0 saturated carbocycles. The summed E-state index contributed by atoms with van der Waals surface area (Å²) in [5, 5.41) is 10.6. The van der Waals surface area contributed by atoms with E-state index in [1.54, 1.807) is 0 Å². The minimum atomic E-state index is 0.154. The molecule has 0 unspecified atom stereocenters. The quantitative estimate of drug-likeness (QED) is 0.872. The first-order valence-electron chi connectivity index (χ1n) is 6.94. The van der Waals surface area contributed by atoms with E-state index in [9.17, 15) is 5.11 Å². The van der Waals surface area contributed by atoms with E-state index in [-0.39, 0.29) is 5.75 Å². The maximum absolute atomic E-state index is 10.2. The lowest BCUT2D eigenvalue weighted by atomic mass is 10.0. The monoisotopic (exact) mass is 289 g/mol. The molecule has 2 nitrogen and oxygen atoms in total. The predicted octanol–water partition coefficient (Wildman–Crippen LogP) is 4.55. The molecule has 2 rings (SSSR count). The van der Waals surface area contributed by atoms with Crippen molar-refractivity contribution >= 4 is 11.6 Å². The van der Waals surface area contributed by atoms with Gasteiger partial charge < -0.3 is 5.11 Å². The van der Waals surface area contributed by atoms with Crippen LogP contribution in [0.3, 0.4) is 0 Å². The SMILES string of the molecule is CCN(CC)Cc1cc(Cl)c(O)c(-c2ccccc2)c1. The molecule has 20 heavy (non-hydrogen) atoms. The van der Waals surface area contributed by atoms with Crippen LogP contribution in [0.5, 0.6) is 5.75 Å². The van der Waals surface area contributed by atoms with Crippen LogP contribution >= 0.6 is 11.6 Å². The van der Waals surface area contributed by atoms with Gasteiger partial charge >= 0.3 is 0 Å². The standard InChI is InChI=1S/C17H20ClNO/c1-3-19(4-2)12-13-10-15(17(20)16(18)11-13)14-8-6-5-7-9-14/h5-11,20H,3-4,12H2,1-2H3. The Morgan fingerprint density at radius 1 is 1.05 bits per heavy atom. The van der Waals surface area contributed by atoms with Crippen LogP contribution < -0.4 is 0 Å². The average molecular weight is 290 g/mol. The zero-order valence-electron chi connectivity index (χ0n) is 11.9. The van der Waals surface area contributed by atoms with E-state index in [2.05, 4.69) is 18.7 Å². The summed E-state index contributed by atoms with van der Waals surface area (Å²) in [5.41, 5.74) is 2.89. The van der Waals surface area contributed by atoms with Gasteiger partial charge in [0.15, 0.2) is 0 Å². The zero-order valence-corrected chi connectivity index (χ0v) is 12.7. The molecular weight excluding hydrogens is 270 g/mol. The van der Waals surface area contributed by atoms with E-state index < -0.39 is 0 Å². The highest BCUT2D eigenvalue weighted by Crippen LogP contribution is 2.36. The molecule has 3 heteroatoms. The Balaban J connectivity index is 2.40. The van der Waals surface area contributed by atoms with Crippen LogP contribution in [0, 0.1) is 0 Å². The van der Waals surface area contributed by atoms with Gasteiger partial charge in [0.2, 0.25) is 0 Å². The van der Waals surface area contributed by atoms with Gasteiger partial charge in [-0.25, -0.2) is 0 Å². The van der Waals surface area contributed by atoms with Crippen LogP contribution in [0.1, 0.15) is 19.4 Å². The molecule has 0 amide bonds. The normalized spacial score (nSPS) is 11.0. The van der Waals surface area contributed by atoms with Crippen molar-refractivity contribution in [3.63, 3.8) is 0 Å². The first kappa shape index (κ1) is 14.9. The van der Waals surface area contributed by atoms with Gasteiger partial charge in [-0.2, -0.15) is 0 Å². The lowest BCUT2D eigenvalue weighted by molar-refractivity contribution is 0.296. The van der Waals surface area contributed by atoms with Crippen molar-refractivity contribution in [3.05, 3.63) is 53.1 Å². The summed E-state index contributed by atoms with van der Waals surface area (Å²) in [6.45, 7) is 7.12. The summed E-state index contributed by atoms with van der Waals surface area (Å²) in [6.07, 6.45) is 0. The molecule has 0 aliphatic heterocycles. The molecule has 0 aliphatic carbocycles. The third-order valence-corrected chi connectivity index (χ3v) is 3.80. The molecule has 0 fully saturated rings. The molecule has 106 valence electrons. The van der Waals surface area contributed by atoms with E-state index in [4.69, 9.17) is 11.6 Å². The fourth-order valence-electron chi connectivity index (χ4n) is 2.29. The minimum Gasteiger partial charge on any atom is -0.506 e. The van der Waals surface area contributed by atoms with Gasteiger partial charge in [-0.1, -0.05) is 55.8 Å². The lowest BCUT2D eigenvalue weighted by Gasteiger charge is -2.19.